The minimum Gasteiger partial charge on any atom is -0.466 e. The molecule has 18 heavy (non-hydrogen) atoms. The van der Waals surface area contributed by atoms with Crippen LogP contribution in [-0.2, 0) is 0 Å². The standard InChI is InChI=1S/C14H10ClNO2/c15-10-5-3-4-9(8-10)14-16-13(17)11-6-1-2-7-12(11)18-14/h1-8,14H,(H,16,17)/t14-/m0/s1. The number of ether oxygens (including phenoxy) is 1. The van der Waals surface area contributed by atoms with Gasteiger partial charge in [-0.25, -0.2) is 0 Å². The quantitative estimate of drug-likeness (QED) is 0.854. The van der Waals surface area contributed by atoms with Crippen LogP contribution in [0.25, 0.3) is 0 Å². The molecule has 90 valence electrons. The first-order valence-electron chi connectivity index (χ1n) is 5.56. The number of amides is 1. The van der Waals surface area contributed by atoms with Crippen molar-refractivity contribution in [3.63, 3.8) is 0 Å². The molecule has 0 spiro atoms. The fourth-order valence-electron chi connectivity index (χ4n) is 1.93. The number of carbonyl (C=O) groups is 1. The predicted molar refractivity (Wildman–Crippen MR) is 68.7 cm³/mol. The Balaban J connectivity index is 1.97. The maximum atomic E-state index is 11.9. The molecule has 0 aromatic heterocycles. The van der Waals surface area contributed by atoms with Crippen LogP contribution in [0.2, 0.25) is 5.02 Å². The lowest BCUT2D eigenvalue weighted by atomic mass is 10.1. The molecule has 0 bridgehead atoms. The molecule has 0 fully saturated rings. The van der Waals surface area contributed by atoms with Gasteiger partial charge in [-0.3, -0.25) is 4.79 Å². The molecular formula is C14H10ClNO2. The second kappa shape index (κ2) is 4.35. The molecule has 1 atom stereocenters. The maximum Gasteiger partial charge on any atom is 0.258 e. The average Bonchev–Trinajstić information content (AvgIpc) is 2.39. The number of carbonyl (C=O) groups excluding carboxylic acids is 1. The Morgan fingerprint density at radius 2 is 1.94 bits per heavy atom. The average molecular weight is 260 g/mol. The Bertz CT molecular complexity index is 612. The molecule has 1 heterocycles. The number of rotatable bonds is 1. The van der Waals surface area contributed by atoms with Crippen molar-refractivity contribution < 1.29 is 9.53 Å². The van der Waals surface area contributed by atoms with E-state index < -0.39 is 6.23 Å². The Morgan fingerprint density at radius 3 is 2.78 bits per heavy atom. The fraction of sp³-hybridized carbons (Fsp3) is 0.0714. The highest BCUT2D eigenvalue weighted by Gasteiger charge is 2.26. The lowest BCUT2D eigenvalue weighted by Gasteiger charge is -2.26. The topological polar surface area (TPSA) is 38.3 Å². The van der Waals surface area contributed by atoms with Crippen molar-refractivity contribution >= 4 is 17.5 Å². The van der Waals surface area contributed by atoms with Crippen LogP contribution in [0, 0.1) is 0 Å². The summed E-state index contributed by atoms with van der Waals surface area (Å²) in [5.41, 5.74) is 1.38. The van der Waals surface area contributed by atoms with Crippen molar-refractivity contribution in [3.8, 4) is 5.75 Å². The first-order chi connectivity index (χ1) is 8.74. The number of hydrogen-bond donors (Lipinski definition) is 1. The molecule has 4 heteroatoms. The molecule has 3 rings (SSSR count). The van der Waals surface area contributed by atoms with Crippen LogP contribution < -0.4 is 10.1 Å². The van der Waals surface area contributed by atoms with Gasteiger partial charge in [0.05, 0.1) is 5.56 Å². The summed E-state index contributed by atoms with van der Waals surface area (Å²) in [4.78, 5) is 11.9. The molecule has 0 unspecified atom stereocenters. The third-order valence-corrected chi connectivity index (χ3v) is 3.03. The van der Waals surface area contributed by atoms with Crippen LogP contribution in [-0.4, -0.2) is 5.91 Å². The molecule has 1 amide bonds. The summed E-state index contributed by atoms with van der Waals surface area (Å²) in [6.07, 6.45) is -0.494. The van der Waals surface area contributed by atoms with Gasteiger partial charge in [0.25, 0.3) is 5.91 Å². The summed E-state index contributed by atoms with van der Waals surface area (Å²) < 4.78 is 5.75. The first-order valence-corrected chi connectivity index (χ1v) is 5.94. The molecular weight excluding hydrogens is 250 g/mol. The first kappa shape index (κ1) is 11.1. The van der Waals surface area contributed by atoms with Gasteiger partial charge in [-0.2, -0.15) is 0 Å². The van der Waals surface area contributed by atoms with Gasteiger partial charge < -0.3 is 10.1 Å². The normalized spacial score (nSPS) is 17.6. The predicted octanol–water partition coefficient (Wildman–Crippen LogP) is 3.16. The van der Waals surface area contributed by atoms with Crippen LogP contribution in [0.15, 0.2) is 48.5 Å². The lowest BCUT2D eigenvalue weighted by molar-refractivity contribution is 0.0756. The van der Waals surface area contributed by atoms with Crippen LogP contribution >= 0.6 is 11.6 Å². The third kappa shape index (κ3) is 1.93. The Labute approximate surface area is 109 Å². The summed E-state index contributed by atoms with van der Waals surface area (Å²) in [6.45, 7) is 0. The summed E-state index contributed by atoms with van der Waals surface area (Å²) >= 11 is 5.93. The van der Waals surface area contributed by atoms with E-state index in [1.54, 1.807) is 24.3 Å². The number of hydrogen-bond acceptors (Lipinski definition) is 2. The summed E-state index contributed by atoms with van der Waals surface area (Å²) in [5.74, 6) is 0.452. The molecule has 3 nitrogen and oxygen atoms in total. The molecule has 0 radical (unpaired) electrons. The molecule has 0 aliphatic carbocycles. The molecule has 2 aromatic rings. The second-order valence-corrected chi connectivity index (χ2v) is 4.46. The highest BCUT2D eigenvalue weighted by Crippen LogP contribution is 2.29. The van der Waals surface area contributed by atoms with Crippen molar-refractivity contribution in [1.29, 1.82) is 0 Å². The van der Waals surface area contributed by atoms with Gasteiger partial charge in [-0.05, 0) is 24.3 Å². The SMILES string of the molecule is O=C1N[C@H](c2cccc(Cl)c2)Oc2ccccc21. The van der Waals surface area contributed by atoms with Crippen LogP contribution in [0.5, 0.6) is 5.75 Å². The zero-order valence-corrected chi connectivity index (χ0v) is 10.1. The van der Waals surface area contributed by atoms with Crippen LogP contribution in [0.1, 0.15) is 22.1 Å². The minimum absolute atomic E-state index is 0.137. The molecule has 1 N–H and O–H groups in total. The molecule has 0 saturated heterocycles. The largest absolute Gasteiger partial charge is 0.466 e. The maximum absolute atomic E-state index is 11.9. The molecule has 0 saturated carbocycles. The van der Waals surface area contributed by atoms with Gasteiger partial charge in [0.2, 0.25) is 0 Å². The Kier molecular flexibility index (Phi) is 2.68. The minimum atomic E-state index is -0.494. The Morgan fingerprint density at radius 1 is 1.11 bits per heavy atom. The van der Waals surface area contributed by atoms with Crippen molar-refractivity contribution in [3.05, 3.63) is 64.7 Å². The smallest absolute Gasteiger partial charge is 0.258 e. The van der Waals surface area contributed by atoms with E-state index in [1.807, 2.05) is 24.3 Å². The van der Waals surface area contributed by atoms with E-state index in [2.05, 4.69) is 5.32 Å². The van der Waals surface area contributed by atoms with Gasteiger partial charge >= 0.3 is 0 Å². The number of halogens is 1. The van der Waals surface area contributed by atoms with E-state index in [0.29, 0.717) is 16.3 Å². The molecule has 2 aromatic carbocycles. The van der Waals surface area contributed by atoms with E-state index in [9.17, 15) is 4.79 Å². The van der Waals surface area contributed by atoms with Crippen molar-refractivity contribution in [1.82, 2.24) is 5.32 Å². The third-order valence-electron chi connectivity index (χ3n) is 2.79. The summed E-state index contributed by atoms with van der Waals surface area (Å²) in [5, 5.41) is 3.41. The van der Waals surface area contributed by atoms with E-state index in [1.165, 1.54) is 0 Å². The second-order valence-electron chi connectivity index (χ2n) is 4.02. The highest BCUT2D eigenvalue weighted by molar-refractivity contribution is 6.30. The monoisotopic (exact) mass is 259 g/mol. The van der Waals surface area contributed by atoms with E-state index in [4.69, 9.17) is 16.3 Å². The lowest BCUT2D eigenvalue weighted by Crippen LogP contribution is -2.36. The van der Waals surface area contributed by atoms with Crippen molar-refractivity contribution in [2.24, 2.45) is 0 Å². The Hall–Kier alpha value is -2.00. The molecule has 1 aliphatic rings. The number of para-hydroxylation sites is 1. The van der Waals surface area contributed by atoms with Gasteiger partial charge in [-0.15, -0.1) is 0 Å². The van der Waals surface area contributed by atoms with E-state index in [0.717, 1.165) is 5.56 Å². The summed E-state index contributed by atoms with van der Waals surface area (Å²) in [6, 6.07) is 14.4. The van der Waals surface area contributed by atoms with Crippen LogP contribution in [0.3, 0.4) is 0 Å². The number of benzene rings is 2. The van der Waals surface area contributed by atoms with Gasteiger partial charge in [0, 0.05) is 10.6 Å². The zero-order valence-electron chi connectivity index (χ0n) is 9.39. The zero-order chi connectivity index (χ0) is 12.5. The van der Waals surface area contributed by atoms with Crippen LogP contribution in [0.4, 0.5) is 0 Å². The molecule has 1 aliphatic heterocycles. The van der Waals surface area contributed by atoms with Gasteiger partial charge in [-0.1, -0.05) is 35.9 Å². The number of nitrogens with one attached hydrogen (secondary N) is 1. The summed E-state index contributed by atoms with van der Waals surface area (Å²) in [7, 11) is 0. The van der Waals surface area contributed by atoms with Gasteiger partial charge in [0.1, 0.15) is 5.75 Å². The van der Waals surface area contributed by atoms with Crippen molar-refractivity contribution in [2.45, 2.75) is 6.23 Å². The van der Waals surface area contributed by atoms with Gasteiger partial charge in [0.15, 0.2) is 6.23 Å². The number of fused-ring (bicyclic) bond motifs is 1. The van der Waals surface area contributed by atoms with Crippen molar-refractivity contribution in [2.75, 3.05) is 0 Å². The van der Waals surface area contributed by atoms with E-state index >= 15 is 0 Å². The fourth-order valence-corrected chi connectivity index (χ4v) is 2.13. The van der Waals surface area contributed by atoms with E-state index in [-0.39, 0.29) is 5.91 Å². The highest BCUT2D eigenvalue weighted by atomic mass is 35.5.